The van der Waals surface area contributed by atoms with E-state index in [9.17, 15) is 14.7 Å². The van der Waals surface area contributed by atoms with E-state index < -0.39 is 20.3 Å². The Morgan fingerprint density at radius 2 is 1.86 bits per heavy atom. The van der Waals surface area contributed by atoms with Crippen molar-refractivity contribution < 1.29 is 23.6 Å². The highest BCUT2D eigenvalue weighted by atomic mass is 32.1. The molecule has 2 amide bonds. The lowest BCUT2D eigenvalue weighted by atomic mass is 9.91. The van der Waals surface area contributed by atoms with E-state index >= 15 is 0 Å². The molecule has 2 N–H and O–H groups in total. The molecule has 1 fully saturated rings. The molecule has 3 heterocycles. The molecule has 42 heavy (non-hydrogen) atoms. The minimum atomic E-state index is -2.16. The maximum Gasteiger partial charge on any atom is 0.251 e. The van der Waals surface area contributed by atoms with Crippen molar-refractivity contribution in [1.29, 1.82) is 0 Å². The van der Waals surface area contributed by atoms with Crippen LogP contribution in [0.15, 0.2) is 40.4 Å². The zero-order valence-electron chi connectivity index (χ0n) is 26.1. The molecular weight excluding hydrogens is 569 g/mol. The Labute approximate surface area is 253 Å². The van der Waals surface area contributed by atoms with E-state index in [-0.39, 0.29) is 46.6 Å². The summed E-state index contributed by atoms with van der Waals surface area (Å²) in [7, 11) is -2.16. The van der Waals surface area contributed by atoms with Crippen LogP contribution in [-0.4, -0.2) is 59.0 Å². The van der Waals surface area contributed by atoms with Crippen LogP contribution in [0.1, 0.15) is 76.9 Å². The van der Waals surface area contributed by atoms with E-state index in [0.29, 0.717) is 13.0 Å². The molecule has 3 aromatic rings. The van der Waals surface area contributed by atoms with Crippen LogP contribution in [-0.2, 0) is 14.0 Å². The highest BCUT2D eigenvalue weighted by molar-refractivity contribution is 7.13. The molecule has 0 bridgehead atoms. The number of thiazole rings is 1. The highest BCUT2D eigenvalue weighted by Crippen LogP contribution is 2.40. The minimum absolute atomic E-state index is 0.0155. The number of hydrogen-bond donors (Lipinski definition) is 2. The van der Waals surface area contributed by atoms with Gasteiger partial charge in [0.25, 0.3) is 5.88 Å². The molecule has 1 unspecified atom stereocenters. The molecular formula is C31H44N4O5SSi. The Bertz CT molecular complexity index is 1390. The monoisotopic (exact) mass is 612 g/mol. The molecule has 2 aromatic heterocycles. The van der Waals surface area contributed by atoms with Gasteiger partial charge >= 0.3 is 0 Å². The molecule has 0 saturated carbocycles. The lowest BCUT2D eigenvalue weighted by molar-refractivity contribution is -0.141. The Hall–Kier alpha value is -3.02. The predicted molar refractivity (Wildman–Crippen MR) is 167 cm³/mol. The van der Waals surface area contributed by atoms with Gasteiger partial charge in [-0.3, -0.25) is 9.59 Å². The Morgan fingerprint density at radius 3 is 2.38 bits per heavy atom. The quantitative estimate of drug-likeness (QED) is 0.268. The summed E-state index contributed by atoms with van der Waals surface area (Å²) in [6.45, 7) is 19.0. The van der Waals surface area contributed by atoms with Crippen LogP contribution < -0.4 is 5.32 Å². The van der Waals surface area contributed by atoms with Gasteiger partial charge in [0.15, 0.2) is 14.1 Å². The maximum atomic E-state index is 14.1. The van der Waals surface area contributed by atoms with Crippen molar-refractivity contribution in [2.24, 2.45) is 5.92 Å². The standard InChI is InChI=1S/C31H44N4O5SSi/c1-18(2)27(25-15-26(36)34-39-25)30(38)35-16-23(40-42(8,9)31(5,6)7)14-24(35)29(37)33-19(3)21-10-12-22(13-11-21)28-20(4)32-17-41-28/h10-13,15,17-19,23-24,27H,14,16H2,1-9H3,(H,33,37)(H,34,36)/t19-,23?,24-,27+/m0/s1. The number of aryl methyl sites for hydroxylation is 1. The number of hydrogen-bond acceptors (Lipinski definition) is 8. The third-order valence-electron chi connectivity index (χ3n) is 8.65. The van der Waals surface area contributed by atoms with Crippen molar-refractivity contribution in [2.75, 3.05) is 6.54 Å². The number of carbonyl (C=O) groups excluding carboxylic acids is 2. The van der Waals surface area contributed by atoms with Gasteiger partial charge in [-0.1, -0.05) is 58.9 Å². The van der Waals surface area contributed by atoms with Crippen LogP contribution in [0, 0.1) is 12.8 Å². The molecule has 4 atom stereocenters. The zero-order chi connectivity index (χ0) is 31.0. The number of amides is 2. The summed E-state index contributed by atoms with van der Waals surface area (Å²) in [6.07, 6.45) is 0.145. The average Bonchev–Trinajstić information content (AvgIpc) is 3.63. The second kappa shape index (κ2) is 12.3. The van der Waals surface area contributed by atoms with Crippen molar-refractivity contribution in [3.63, 3.8) is 0 Å². The summed E-state index contributed by atoms with van der Waals surface area (Å²) in [6, 6.07) is 8.54. The number of likely N-dealkylation sites (tertiary alicyclic amines) is 1. The largest absolute Gasteiger partial charge is 0.491 e. The van der Waals surface area contributed by atoms with Gasteiger partial charge in [0.05, 0.1) is 28.2 Å². The first-order valence-corrected chi connectivity index (χ1v) is 18.3. The Balaban J connectivity index is 1.56. The van der Waals surface area contributed by atoms with Crippen LogP contribution in [0.4, 0.5) is 0 Å². The van der Waals surface area contributed by atoms with Gasteiger partial charge in [0.1, 0.15) is 12.0 Å². The summed E-state index contributed by atoms with van der Waals surface area (Å²) in [4.78, 5) is 35.0. The van der Waals surface area contributed by atoms with Crippen molar-refractivity contribution in [2.45, 2.75) is 97.1 Å². The highest BCUT2D eigenvalue weighted by Gasteiger charge is 2.47. The van der Waals surface area contributed by atoms with E-state index in [1.165, 1.54) is 6.07 Å². The van der Waals surface area contributed by atoms with Crippen LogP contribution in [0.3, 0.4) is 0 Å². The second-order valence-corrected chi connectivity index (χ2v) is 18.8. The summed E-state index contributed by atoms with van der Waals surface area (Å²) in [5, 5.41) is 16.5. The first kappa shape index (κ1) is 31.9. The normalized spacial score (nSPS) is 19.2. The number of carbonyl (C=O) groups is 2. The molecule has 0 radical (unpaired) electrons. The summed E-state index contributed by atoms with van der Waals surface area (Å²) >= 11 is 1.60. The molecule has 0 spiro atoms. The molecule has 1 saturated heterocycles. The SMILES string of the molecule is Cc1ncsc1-c1ccc([C@H](C)NC(=O)[C@@H]2CC(O[Si](C)(C)C(C)(C)C)CN2C(=O)[C@@H](c2cc(O)no2)C(C)C)cc1. The smallest absolute Gasteiger partial charge is 0.251 e. The van der Waals surface area contributed by atoms with E-state index in [4.69, 9.17) is 8.95 Å². The van der Waals surface area contributed by atoms with Crippen LogP contribution in [0.2, 0.25) is 18.1 Å². The summed E-state index contributed by atoms with van der Waals surface area (Å²) < 4.78 is 12.0. The number of aromatic hydroxyl groups is 1. The number of rotatable bonds is 9. The first-order valence-electron chi connectivity index (χ1n) is 14.5. The fourth-order valence-corrected chi connectivity index (χ4v) is 7.37. The molecule has 1 aromatic carbocycles. The third kappa shape index (κ3) is 6.79. The fourth-order valence-electron chi connectivity index (χ4n) is 5.20. The zero-order valence-corrected chi connectivity index (χ0v) is 27.9. The molecule has 4 rings (SSSR count). The summed E-state index contributed by atoms with van der Waals surface area (Å²) in [5.74, 6) is -1.29. The molecule has 0 aliphatic carbocycles. The van der Waals surface area contributed by atoms with Crippen molar-refractivity contribution in [1.82, 2.24) is 20.4 Å². The molecule has 228 valence electrons. The lowest BCUT2D eigenvalue weighted by Crippen LogP contribution is -2.48. The second-order valence-electron chi connectivity index (χ2n) is 13.2. The molecule has 11 heteroatoms. The lowest BCUT2D eigenvalue weighted by Gasteiger charge is -2.38. The van der Waals surface area contributed by atoms with Gasteiger partial charge in [-0.15, -0.1) is 11.3 Å². The van der Waals surface area contributed by atoms with E-state index in [1.54, 1.807) is 16.2 Å². The minimum Gasteiger partial charge on any atom is -0.491 e. The number of aromatic nitrogens is 2. The van der Waals surface area contributed by atoms with Gasteiger partial charge in [-0.05, 0) is 54.2 Å². The third-order valence-corrected chi connectivity index (χ3v) is 14.2. The van der Waals surface area contributed by atoms with Gasteiger partial charge in [-0.25, -0.2) is 4.98 Å². The summed E-state index contributed by atoms with van der Waals surface area (Å²) in [5.41, 5.74) is 4.90. The van der Waals surface area contributed by atoms with Gasteiger partial charge < -0.3 is 24.3 Å². The topological polar surface area (TPSA) is 118 Å². The van der Waals surface area contributed by atoms with Crippen molar-refractivity contribution in [3.8, 4) is 16.3 Å². The Morgan fingerprint density at radius 1 is 1.19 bits per heavy atom. The number of nitrogens with one attached hydrogen (secondary N) is 1. The van der Waals surface area contributed by atoms with E-state index in [2.05, 4.69) is 49.3 Å². The maximum absolute atomic E-state index is 14.1. The van der Waals surface area contributed by atoms with Crippen LogP contribution >= 0.6 is 11.3 Å². The first-order chi connectivity index (χ1) is 19.6. The molecule has 1 aliphatic rings. The number of nitrogens with zero attached hydrogens (tertiary/aromatic N) is 3. The molecule has 9 nitrogen and oxygen atoms in total. The molecule has 1 aliphatic heterocycles. The fraction of sp³-hybridized carbons (Fsp3) is 0.548. The van der Waals surface area contributed by atoms with Crippen LogP contribution in [0.25, 0.3) is 10.4 Å². The van der Waals surface area contributed by atoms with E-state index in [0.717, 1.165) is 21.7 Å². The number of benzene rings is 1. The van der Waals surface area contributed by atoms with Crippen molar-refractivity contribution >= 4 is 31.5 Å². The average molecular weight is 613 g/mol. The van der Waals surface area contributed by atoms with Gasteiger partial charge in [0.2, 0.25) is 11.8 Å². The van der Waals surface area contributed by atoms with Crippen LogP contribution in [0.5, 0.6) is 5.88 Å². The van der Waals surface area contributed by atoms with Crippen molar-refractivity contribution in [3.05, 3.63) is 52.9 Å². The van der Waals surface area contributed by atoms with Gasteiger partial charge in [-0.2, -0.15) is 0 Å². The van der Waals surface area contributed by atoms with Gasteiger partial charge in [0, 0.05) is 19.0 Å². The Kier molecular flexibility index (Phi) is 9.34. The predicted octanol–water partition coefficient (Wildman–Crippen LogP) is 6.42. The van der Waals surface area contributed by atoms with E-state index in [1.807, 2.05) is 57.5 Å².